The number of esters is 1. The van der Waals surface area contributed by atoms with Gasteiger partial charge in [-0.15, -0.1) is 0 Å². The summed E-state index contributed by atoms with van der Waals surface area (Å²) in [5.74, 6) is -4.63. The van der Waals surface area contributed by atoms with Crippen LogP contribution in [-0.4, -0.2) is 86.5 Å². The molecule has 4 heterocycles. The number of carbonyl (C=O) groups is 4. The predicted molar refractivity (Wildman–Crippen MR) is 206 cm³/mol. The number of para-hydroxylation sites is 1. The molecular formula is C41H50F3N5O8S. The monoisotopic (exact) mass is 829 g/mol. The molecule has 0 radical (unpaired) electrons. The molecule has 2 aliphatic heterocycles. The van der Waals surface area contributed by atoms with Gasteiger partial charge in [-0.2, -0.15) is 18.2 Å². The molecule has 1 saturated heterocycles. The van der Waals surface area contributed by atoms with Gasteiger partial charge in [0.2, 0.25) is 39.1 Å². The number of ketones is 1. The Morgan fingerprint density at radius 2 is 1.81 bits per heavy atom. The van der Waals surface area contributed by atoms with E-state index in [-0.39, 0.29) is 37.6 Å². The molecule has 17 heteroatoms. The highest BCUT2D eigenvalue weighted by molar-refractivity contribution is 7.91. The number of nitrogens with zero attached hydrogens (tertiary/aromatic N) is 4. The fourth-order valence-corrected chi connectivity index (χ4v) is 9.81. The van der Waals surface area contributed by atoms with Crippen molar-refractivity contribution in [3.63, 3.8) is 0 Å². The standard InChI is InChI=1S/C41H50F3N5O8S/c1-24-10-6-7-11-26-21-40(26,36(53)47-58(54,55)39(5)14-15-39)22-32(50)31-19-27(56-34-28-12-8-9-13-30(28)48-17-16-45-37(48)46-34)23-49(31)35(52)29(25(2)18-24)20-33(51)57-38(3,4)41(42,43)44/h7-9,11-13,16-17,24-27,29,31H,6,10,14-15,18-23H2,1-5H3,(H,47,53)/b11-7-/t24-,25+,26+,27+,29-,31-,40+/m0/s1. The molecular weight excluding hydrogens is 780 g/mol. The highest BCUT2D eigenvalue weighted by Gasteiger charge is 2.63. The molecule has 1 N–H and O–H groups in total. The molecule has 0 bridgehead atoms. The third kappa shape index (κ3) is 7.94. The number of fused-ring (bicyclic) bond motifs is 5. The molecule has 314 valence electrons. The first kappa shape index (κ1) is 41.6. The van der Waals surface area contributed by atoms with Crippen molar-refractivity contribution in [2.24, 2.45) is 29.1 Å². The third-order valence-electron chi connectivity index (χ3n) is 12.7. The van der Waals surface area contributed by atoms with E-state index >= 15 is 0 Å². The van der Waals surface area contributed by atoms with E-state index in [9.17, 15) is 40.8 Å². The molecule has 2 amide bonds. The number of hydrogen-bond donors (Lipinski definition) is 1. The van der Waals surface area contributed by atoms with Gasteiger partial charge in [-0.1, -0.05) is 38.1 Å². The number of sulfonamides is 1. The van der Waals surface area contributed by atoms with Crippen molar-refractivity contribution in [3.8, 4) is 5.88 Å². The summed E-state index contributed by atoms with van der Waals surface area (Å²) in [4.78, 5) is 67.1. The average molecular weight is 830 g/mol. The molecule has 7 rings (SSSR count). The minimum atomic E-state index is -4.87. The minimum Gasteiger partial charge on any atom is -0.472 e. The zero-order chi connectivity index (χ0) is 42.0. The van der Waals surface area contributed by atoms with Gasteiger partial charge >= 0.3 is 12.1 Å². The summed E-state index contributed by atoms with van der Waals surface area (Å²) in [6.07, 6.45) is 3.11. The molecule has 0 unspecified atom stereocenters. The number of Topliss-reactive ketones (excluding diaryl/α,β-unsaturated/α-hetero) is 1. The van der Waals surface area contributed by atoms with Gasteiger partial charge in [0.15, 0.2) is 5.78 Å². The van der Waals surface area contributed by atoms with Gasteiger partial charge in [-0.05, 0) is 89.2 Å². The summed E-state index contributed by atoms with van der Waals surface area (Å²) >= 11 is 0. The number of alkyl halides is 3. The quantitative estimate of drug-likeness (QED) is 0.207. The molecule has 1 aromatic carbocycles. The first-order valence-corrected chi connectivity index (χ1v) is 21.4. The smallest absolute Gasteiger partial charge is 0.427 e. The van der Waals surface area contributed by atoms with Crippen LogP contribution in [0.5, 0.6) is 5.88 Å². The minimum absolute atomic E-state index is 0.0171. The van der Waals surface area contributed by atoms with E-state index in [1.807, 2.05) is 43.3 Å². The van der Waals surface area contributed by atoms with Gasteiger partial charge in [0.05, 0.1) is 46.0 Å². The summed E-state index contributed by atoms with van der Waals surface area (Å²) in [7, 11) is -4.03. The molecule has 2 aliphatic carbocycles. The number of amides is 2. The van der Waals surface area contributed by atoms with Crippen LogP contribution >= 0.6 is 0 Å². The van der Waals surface area contributed by atoms with Crippen molar-refractivity contribution in [1.29, 1.82) is 0 Å². The first-order valence-electron chi connectivity index (χ1n) is 19.9. The van der Waals surface area contributed by atoms with Crippen LogP contribution in [0.3, 0.4) is 0 Å². The average Bonchev–Trinajstić information content (AvgIpc) is 3.92. The number of benzene rings is 1. The van der Waals surface area contributed by atoms with Crippen molar-refractivity contribution in [2.45, 2.75) is 121 Å². The van der Waals surface area contributed by atoms with E-state index in [0.717, 1.165) is 19.4 Å². The molecule has 7 atom stereocenters. The number of aromatic nitrogens is 3. The highest BCUT2D eigenvalue weighted by atomic mass is 32.2. The Morgan fingerprint density at radius 3 is 2.52 bits per heavy atom. The number of nitrogens with one attached hydrogen (secondary N) is 1. The van der Waals surface area contributed by atoms with Gasteiger partial charge in [0.25, 0.3) is 0 Å². The molecule has 4 aliphatic rings. The van der Waals surface area contributed by atoms with Gasteiger partial charge in [0.1, 0.15) is 6.10 Å². The van der Waals surface area contributed by atoms with Crippen LogP contribution in [0.1, 0.15) is 92.4 Å². The lowest BCUT2D eigenvalue weighted by atomic mass is 9.82. The predicted octanol–water partition coefficient (Wildman–Crippen LogP) is 6.10. The summed E-state index contributed by atoms with van der Waals surface area (Å²) in [6, 6.07) is 6.16. The third-order valence-corrected chi connectivity index (χ3v) is 14.9. The van der Waals surface area contributed by atoms with Crippen molar-refractivity contribution in [2.75, 3.05) is 6.54 Å². The highest BCUT2D eigenvalue weighted by Crippen LogP contribution is 2.58. The van der Waals surface area contributed by atoms with E-state index in [4.69, 9.17) is 9.47 Å². The van der Waals surface area contributed by atoms with E-state index in [2.05, 4.69) is 14.7 Å². The molecule has 2 saturated carbocycles. The van der Waals surface area contributed by atoms with Crippen molar-refractivity contribution in [3.05, 3.63) is 48.8 Å². The maximum absolute atomic E-state index is 14.9. The lowest BCUT2D eigenvalue weighted by molar-refractivity contribution is -0.257. The Labute approximate surface area is 335 Å². The van der Waals surface area contributed by atoms with Crippen LogP contribution in [0, 0.1) is 29.1 Å². The zero-order valence-electron chi connectivity index (χ0n) is 33.3. The number of hydrogen-bond acceptors (Lipinski definition) is 10. The molecule has 3 aromatic rings. The maximum Gasteiger partial charge on any atom is 0.427 e. The molecule has 3 fully saturated rings. The number of allylic oxidation sites excluding steroid dienone is 2. The number of imidazole rings is 1. The zero-order valence-corrected chi connectivity index (χ0v) is 34.1. The molecule has 58 heavy (non-hydrogen) atoms. The van der Waals surface area contributed by atoms with Crippen molar-refractivity contribution < 1.29 is 50.2 Å². The Hall–Kier alpha value is -4.54. The van der Waals surface area contributed by atoms with Gasteiger partial charge < -0.3 is 14.4 Å². The van der Waals surface area contributed by atoms with E-state index in [1.165, 1.54) is 4.90 Å². The van der Waals surface area contributed by atoms with Crippen LogP contribution in [0.25, 0.3) is 16.7 Å². The molecule has 2 aromatic heterocycles. The second-order valence-electron chi connectivity index (χ2n) is 17.6. The van der Waals surface area contributed by atoms with Gasteiger partial charge in [-0.3, -0.25) is 28.3 Å². The Morgan fingerprint density at radius 1 is 1.09 bits per heavy atom. The van der Waals surface area contributed by atoms with Crippen LogP contribution in [0.2, 0.25) is 0 Å². The topological polar surface area (TPSA) is 166 Å². The second-order valence-corrected chi connectivity index (χ2v) is 19.8. The second kappa shape index (κ2) is 14.9. The molecule has 0 spiro atoms. The van der Waals surface area contributed by atoms with E-state index in [0.29, 0.717) is 43.3 Å². The summed E-state index contributed by atoms with van der Waals surface area (Å²) in [6.45, 7) is 6.65. The Bertz CT molecular complexity index is 2270. The maximum atomic E-state index is 14.9. The normalized spacial score (nSPS) is 29.8. The van der Waals surface area contributed by atoms with Crippen LogP contribution in [-0.2, 0) is 33.9 Å². The Kier molecular flexibility index (Phi) is 10.7. The summed E-state index contributed by atoms with van der Waals surface area (Å²) < 4.78 is 82.2. The number of halogens is 3. The number of ether oxygens (including phenoxy) is 2. The Balaban J connectivity index is 1.24. The molecule has 13 nitrogen and oxygen atoms in total. The summed E-state index contributed by atoms with van der Waals surface area (Å²) in [5.41, 5.74) is -3.44. The van der Waals surface area contributed by atoms with Crippen molar-refractivity contribution >= 4 is 50.3 Å². The number of carbonyl (C=O) groups excluding carboxylic acids is 4. The van der Waals surface area contributed by atoms with Crippen LogP contribution in [0.4, 0.5) is 13.2 Å². The largest absolute Gasteiger partial charge is 0.472 e. The van der Waals surface area contributed by atoms with Crippen molar-refractivity contribution in [1.82, 2.24) is 24.0 Å². The SMILES string of the molecule is C[C@H]1CC/C=C\[C@@H]2C[C@@]2(C(=O)NS(=O)(=O)C2(C)CC2)CC(=O)[C@@H]2C[C@@H](Oc3nc4nccn4c4ccccc34)CN2C(=O)[C@@H](CC(=O)OC(C)(C)C(F)(F)F)[C@H](C)C1. The fourth-order valence-electron chi connectivity index (χ4n) is 8.48. The van der Waals surface area contributed by atoms with Crippen LogP contribution in [0.15, 0.2) is 48.8 Å². The number of rotatable bonds is 8. The lowest BCUT2D eigenvalue weighted by Gasteiger charge is -2.33. The van der Waals surface area contributed by atoms with Gasteiger partial charge in [0, 0.05) is 25.2 Å². The van der Waals surface area contributed by atoms with E-state index < -0.39 is 91.8 Å². The fraction of sp³-hybridized carbons (Fsp3) is 0.610. The lowest BCUT2D eigenvalue weighted by Crippen LogP contribution is -2.48. The van der Waals surface area contributed by atoms with Gasteiger partial charge in [-0.25, -0.2) is 13.4 Å². The first-order chi connectivity index (χ1) is 27.1. The van der Waals surface area contributed by atoms with Crippen LogP contribution < -0.4 is 9.46 Å². The summed E-state index contributed by atoms with van der Waals surface area (Å²) in [5, 5.41) is 0.638. The van der Waals surface area contributed by atoms with E-state index in [1.54, 1.807) is 30.6 Å².